The summed E-state index contributed by atoms with van der Waals surface area (Å²) in [4.78, 5) is 18.6. The van der Waals surface area contributed by atoms with E-state index in [2.05, 4.69) is 20.6 Å². The number of rotatable bonds is 8. The Balaban J connectivity index is 1.76. The molecule has 0 amide bonds. The number of hydrogen-bond donors (Lipinski definition) is 5. The molecule has 0 saturated heterocycles. The zero-order chi connectivity index (χ0) is 25.5. The van der Waals surface area contributed by atoms with Crippen LogP contribution in [0.25, 0.3) is 20.8 Å². The van der Waals surface area contributed by atoms with Gasteiger partial charge in [0.1, 0.15) is 22.4 Å². The van der Waals surface area contributed by atoms with Crippen LogP contribution in [-0.2, 0) is 4.74 Å². The number of aliphatic hydroxyl groups is 3. The molecule has 3 heterocycles. The first-order chi connectivity index (χ1) is 16.5. The van der Waals surface area contributed by atoms with Gasteiger partial charge in [-0.1, -0.05) is 0 Å². The van der Waals surface area contributed by atoms with Crippen LogP contribution in [0.1, 0.15) is 38.6 Å². The highest BCUT2D eigenvalue weighted by molar-refractivity contribution is 7.21. The molecule has 10 nitrogen and oxygen atoms in total. The predicted molar refractivity (Wildman–Crippen MR) is 137 cm³/mol. The lowest BCUT2D eigenvalue weighted by atomic mass is 9.88. The first-order valence-corrected chi connectivity index (χ1v) is 12.5. The van der Waals surface area contributed by atoms with Crippen molar-refractivity contribution in [1.29, 1.82) is 0 Å². The molecule has 11 heteroatoms. The number of thiazole rings is 1. The number of fused-ring (bicyclic) bond motifs is 1. The number of aliphatic hydroxyl groups excluding tert-OH is 2. The first kappa shape index (κ1) is 25.6. The number of nitrogens with zero attached hydrogens (tertiary/aromatic N) is 4. The molecular weight excluding hydrogens is 468 g/mol. The van der Waals surface area contributed by atoms with Crippen molar-refractivity contribution in [3.05, 3.63) is 23.7 Å². The van der Waals surface area contributed by atoms with E-state index < -0.39 is 29.8 Å². The summed E-state index contributed by atoms with van der Waals surface area (Å²) in [6, 6.07) is 1.39. The number of nitrogens with one attached hydrogen (secondary N) is 2. The molecule has 3 aromatic heterocycles. The van der Waals surface area contributed by atoms with E-state index in [-0.39, 0.29) is 6.04 Å². The minimum absolute atomic E-state index is 0.0206. The van der Waals surface area contributed by atoms with E-state index in [1.807, 2.05) is 26.8 Å². The summed E-state index contributed by atoms with van der Waals surface area (Å²) in [7, 11) is 1.64. The Kier molecular flexibility index (Phi) is 7.26. The fourth-order valence-electron chi connectivity index (χ4n) is 4.65. The lowest BCUT2D eigenvalue weighted by molar-refractivity contribution is -0.0601. The second kappa shape index (κ2) is 9.90. The maximum absolute atomic E-state index is 10.8. The van der Waals surface area contributed by atoms with E-state index in [4.69, 9.17) is 14.7 Å². The molecular formula is C24H34N6O4S. The van der Waals surface area contributed by atoms with Gasteiger partial charge >= 0.3 is 0 Å². The second-order valence-electron chi connectivity index (χ2n) is 9.85. The molecule has 0 spiro atoms. The SMILES string of the molecule is COC[C@@H](C)Nc1nc(C)c(-c2nc3c(C)nccc3s2)c(NC2C[C@H](C(C)(C)O)[C@@H](O)[C@H]2O)n1. The molecule has 190 valence electrons. The number of pyridine rings is 1. The highest BCUT2D eigenvalue weighted by atomic mass is 32.1. The van der Waals surface area contributed by atoms with Gasteiger partial charge in [-0.15, -0.1) is 11.3 Å². The van der Waals surface area contributed by atoms with Gasteiger partial charge in [-0.2, -0.15) is 4.98 Å². The van der Waals surface area contributed by atoms with E-state index >= 15 is 0 Å². The Morgan fingerprint density at radius 3 is 2.54 bits per heavy atom. The standard InChI is InChI=1S/C24H34N6O4S/c1-11(10-34-6)26-23-27-12(2)17(22-29-18-13(3)25-8-7-16(18)35-22)21(30-23)28-15-9-14(24(4,5)33)19(31)20(15)32/h7-8,11,14-15,19-20,31-33H,9-10H2,1-6H3,(H2,26,27,28,30)/t11-,14+,15?,19-,20+/m1/s1. The monoisotopic (exact) mass is 502 g/mol. The number of anilines is 2. The third-order valence-electron chi connectivity index (χ3n) is 6.50. The van der Waals surface area contributed by atoms with Gasteiger partial charge in [0.25, 0.3) is 0 Å². The molecule has 3 aromatic rings. The van der Waals surface area contributed by atoms with Crippen molar-refractivity contribution in [1.82, 2.24) is 19.9 Å². The molecule has 1 aliphatic carbocycles. The fourth-order valence-corrected chi connectivity index (χ4v) is 5.76. The third-order valence-corrected chi connectivity index (χ3v) is 7.54. The van der Waals surface area contributed by atoms with Gasteiger partial charge in [0.15, 0.2) is 0 Å². The quantitative estimate of drug-likeness (QED) is 0.311. The normalized spacial score (nSPS) is 23.6. The molecule has 0 aliphatic heterocycles. The largest absolute Gasteiger partial charge is 0.390 e. The van der Waals surface area contributed by atoms with Crippen molar-refractivity contribution < 1.29 is 20.1 Å². The van der Waals surface area contributed by atoms with E-state index in [1.165, 1.54) is 11.3 Å². The summed E-state index contributed by atoms with van der Waals surface area (Å²) < 4.78 is 6.23. The molecule has 0 aromatic carbocycles. The molecule has 0 bridgehead atoms. The van der Waals surface area contributed by atoms with Crippen LogP contribution in [0.4, 0.5) is 11.8 Å². The van der Waals surface area contributed by atoms with Crippen LogP contribution < -0.4 is 10.6 Å². The molecule has 1 fully saturated rings. The molecule has 1 unspecified atom stereocenters. The van der Waals surface area contributed by atoms with Crippen molar-refractivity contribution in [3.8, 4) is 10.6 Å². The summed E-state index contributed by atoms with van der Waals surface area (Å²) in [6.07, 6.45) is 0.00830. The minimum atomic E-state index is -1.14. The molecule has 5 atom stereocenters. The number of methoxy groups -OCH3 is 1. The summed E-state index contributed by atoms with van der Waals surface area (Å²) in [5, 5.41) is 39.2. The Bertz CT molecular complexity index is 1200. The van der Waals surface area contributed by atoms with E-state index in [1.54, 1.807) is 27.2 Å². The topological polar surface area (TPSA) is 146 Å². The van der Waals surface area contributed by atoms with Gasteiger partial charge in [-0.25, -0.2) is 9.97 Å². The van der Waals surface area contributed by atoms with Crippen LogP contribution in [0.5, 0.6) is 0 Å². The van der Waals surface area contributed by atoms with Crippen LogP contribution in [0.2, 0.25) is 0 Å². The van der Waals surface area contributed by atoms with Crippen molar-refractivity contribution in [2.45, 2.75) is 70.9 Å². The van der Waals surface area contributed by atoms with Gasteiger partial charge in [-0.05, 0) is 47.1 Å². The zero-order valence-corrected chi connectivity index (χ0v) is 21.7. The summed E-state index contributed by atoms with van der Waals surface area (Å²) in [5.41, 5.74) is 1.97. The van der Waals surface area contributed by atoms with Crippen LogP contribution in [0.3, 0.4) is 0 Å². The lowest BCUT2D eigenvalue weighted by Gasteiger charge is -2.28. The number of aromatic nitrogens is 4. The van der Waals surface area contributed by atoms with Crippen LogP contribution in [0.15, 0.2) is 12.3 Å². The maximum atomic E-state index is 10.8. The highest BCUT2D eigenvalue weighted by Gasteiger charge is 2.48. The smallest absolute Gasteiger partial charge is 0.225 e. The first-order valence-electron chi connectivity index (χ1n) is 11.7. The van der Waals surface area contributed by atoms with E-state index in [9.17, 15) is 15.3 Å². The van der Waals surface area contributed by atoms with Gasteiger partial charge < -0.3 is 30.7 Å². The van der Waals surface area contributed by atoms with E-state index in [0.29, 0.717) is 30.5 Å². The zero-order valence-electron chi connectivity index (χ0n) is 20.9. The van der Waals surface area contributed by atoms with Gasteiger partial charge in [0.2, 0.25) is 5.95 Å². The summed E-state index contributed by atoms with van der Waals surface area (Å²) in [5.74, 6) is 0.433. The van der Waals surface area contributed by atoms with Crippen LogP contribution >= 0.6 is 11.3 Å². The van der Waals surface area contributed by atoms with Crippen molar-refractivity contribution in [3.63, 3.8) is 0 Å². The average molecular weight is 503 g/mol. The Labute approximate surface area is 208 Å². The molecule has 0 radical (unpaired) electrons. The minimum Gasteiger partial charge on any atom is -0.390 e. The van der Waals surface area contributed by atoms with Gasteiger partial charge in [0.05, 0.1) is 46.0 Å². The number of hydrogen-bond acceptors (Lipinski definition) is 11. The van der Waals surface area contributed by atoms with Crippen molar-refractivity contribution in [2.75, 3.05) is 24.4 Å². The number of aryl methyl sites for hydroxylation is 2. The van der Waals surface area contributed by atoms with Crippen LogP contribution in [-0.4, -0.2) is 78.9 Å². The predicted octanol–water partition coefficient (Wildman–Crippen LogP) is 2.51. The summed E-state index contributed by atoms with van der Waals surface area (Å²) in [6.45, 7) is 9.56. The van der Waals surface area contributed by atoms with Gasteiger partial charge in [-0.3, -0.25) is 4.98 Å². The maximum Gasteiger partial charge on any atom is 0.225 e. The Hall–Kier alpha value is -2.44. The van der Waals surface area contributed by atoms with E-state index in [0.717, 1.165) is 26.5 Å². The average Bonchev–Trinajstić information content (AvgIpc) is 3.31. The number of ether oxygens (including phenoxy) is 1. The van der Waals surface area contributed by atoms with Crippen molar-refractivity contribution >= 4 is 33.3 Å². The molecule has 4 rings (SSSR count). The molecule has 1 aliphatic rings. The molecule has 1 saturated carbocycles. The Morgan fingerprint density at radius 2 is 1.91 bits per heavy atom. The van der Waals surface area contributed by atoms with Gasteiger partial charge in [0, 0.05) is 25.3 Å². The second-order valence-corrected chi connectivity index (χ2v) is 10.9. The summed E-state index contributed by atoms with van der Waals surface area (Å²) >= 11 is 1.52. The molecule has 35 heavy (non-hydrogen) atoms. The highest BCUT2D eigenvalue weighted by Crippen LogP contribution is 2.40. The lowest BCUT2D eigenvalue weighted by Crippen LogP contribution is -2.40. The third kappa shape index (κ3) is 5.24. The van der Waals surface area contributed by atoms with Crippen LogP contribution in [0, 0.1) is 19.8 Å². The molecule has 5 N–H and O–H groups in total. The Morgan fingerprint density at radius 1 is 1.17 bits per heavy atom. The fraction of sp³-hybridized carbons (Fsp3) is 0.583. The van der Waals surface area contributed by atoms with Crippen molar-refractivity contribution in [2.24, 2.45) is 5.92 Å².